The van der Waals surface area contributed by atoms with Crippen molar-refractivity contribution in [1.29, 1.82) is 0 Å². The predicted octanol–water partition coefficient (Wildman–Crippen LogP) is 2.00. The van der Waals surface area contributed by atoms with Crippen LogP contribution in [-0.2, 0) is 16.0 Å². The number of carbonyl (C=O) groups excluding carboxylic acids is 1. The molecule has 0 heterocycles. The molecule has 1 aromatic carbocycles. The molecule has 0 spiro atoms. The van der Waals surface area contributed by atoms with Gasteiger partial charge in [-0.05, 0) is 30.5 Å². The van der Waals surface area contributed by atoms with Gasteiger partial charge < -0.3 is 15.2 Å². The molecule has 5 heteroatoms. The lowest BCUT2D eigenvalue weighted by atomic mass is 10.1. The molecule has 110 valence electrons. The topological polar surface area (TPSA) is 75.6 Å². The first kappa shape index (κ1) is 16.0. The van der Waals surface area contributed by atoms with Gasteiger partial charge in [-0.15, -0.1) is 0 Å². The number of unbranched alkanes of at least 4 members (excludes halogenated alkanes) is 1. The average molecular weight is 279 g/mol. The Kier molecular flexibility index (Phi) is 7.17. The minimum Gasteiger partial charge on any atom is -0.482 e. The van der Waals surface area contributed by atoms with Crippen molar-refractivity contribution in [2.45, 2.75) is 32.6 Å². The summed E-state index contributed by atoms with van der Waals surface area (Å²) in [5.74, 6) is -0.375. The summed E-state index contributed by atoms with van der Waals surface area (Å²) in [7, 11) is 0. The first-order chi connectivity index (χ1) is 9.61. The van der Waals surface area contributed by atoms with Crippen LogP contribution in [0.2, 0.25) is 0 Å². The summed E-state index contributed by atoms with van der Waals surface area (Å²) >= 11 is 0. The van der Waals surface area contributed by atoms with Crippen molar-refractivity contribution in [3.63, 3.8) is 0 Å². The van der Waals surface area contributed by atoms with Crippen molar-refractivity contribution in [2.75, 3.05) is 13.2 Å². The standard InChI is InChI=1S/C15H21NO4/c1-2-3-4-14(17)16-10-9-12-5-7-13(8-6-12)20-11-15(18)19/h5-8H,2-4,9-11H2,1H3,(H,16,17)(H,18,19). The van der Waals surface area contributed by atoms with E-state index in [0.717, 1.165) is 24.8 Å². The Morgan fingerprint density at radius 1 is 1.25 bits per heavy atom. The summed E-state index contributed by atoms with van der Waals surface area (Å²) < 4.78 is 5.04. The maximum absolute atomic E-state index is 11.4. The number of rotatable bonds is 9. The summed E-state index contributed by atoms with van der Waals surface area (Å²) in [6.07, 6.45) is 3.27. The van der Waals surface area contributed by atoms with Crippen LogP contribution in [-0.4, -0.2) is 30.1 Å². The highest BCUT2D eigenvalue weighted by atomic mass is 16.5. The molecule has 0 saturated heterocycles. The lowest BCUT2D eigenvalue weighted by Gasteiger charge is -2.06. The second-order valence-corrected chi connectivity index (χ2v) is 4.53. The van der Waals surface area contributed by atoms with Crippen LogP contribution < -0.4 is 10.1 Å². The number of nitrogens with one attached hydrogen (secondary N) is 1. The van der Waals surface area contributed by atoms with Gasteiger partial charge in [0.1, 0.15) is 5.75 Å². The molecule has 20 heavy (non-hydrogen) atoms. The van der Waals surface area contributed by atoms with Gasteiger partial charge in [0.25, 0.3) is 0 Å². The van der Waals surface area contributed by atoms with E-state index in [2.05, 4.69) is 12.2 Å². The van der Waals surface area contributed by atoms with Gasteiger partial charge in [-0.3, -0.25) is 4.79 Å². The van der Waals surface area contributed by atoms with Crippen LogP contribution in [0.4, 0.5) is 0 Å². The van der Waals surface area contributed by atoms with Crippen LogP contribution in [0.15, 0.2) is 24.3 Å². The van der Waals surface area contributed by atoms with Crippen LogP contribution in [0.25, 0.3) is 0 Å². The molecule has 1 aromatic rings. The number of carboxylic acids is 1. The molecule has 1 rings (SSSR count). The molecule has 1 amide bonds. The number of aliphatic carboxylic acids is 1. The minimum absolute atomic E-state index is 0.0910. The Morgan fingerprint density at radius 2 is 1.95 bits per heavy atom. The highest BCUT2D eigenvalue weighted by Gasteiger charge is 2.01. The lowest BCUT2D eigenvalue weighted by Crippen LogP contribution is -2.25. The summed E-state index contributed by atoms with van der Waals surface area (Å²) in [6, 6.07) is 7.21. The molecule has 0 aliphatic carbocycles. The highest BCUT2D eigenvalue weighted by Crippen LogP contribution is 2.12. The maximum Gasteiger partial charge on any atom is 0.341 e. The Balaban J connectivity index is 2.27. The molecule has 0 aromatic heterocycles. The molecule has 0 aliphatic rings. The fraction of sp³-hybridized carbons (Fsp3) is 0.467. The third-order valence-corrected chi connectivity index (χ3v) is 2.78. The van der Waals surface area contributed by atoms with Crippen molar-refractivity contribution < 1.29 is 19.4 Å². The number of amides is 1. The fourth-order valence-corrected chi connectivity index (χ4v) is 1.67. The van der Waals surface area contributed by atoms with Crippen LogP contribution in [0.3, 0.4) is 0 Å². The number of hydrogen-bond donors (Lipinski definition) is 2. The third kappa shape index (κ3) is 6.78. The molecule has 0 fully saturated rings. The molecule has 0 unspecified atom stereocenters. The van der Waals surface area contributed by atoms with Crippen LogP contribution >= 0.6 is 0 Å². The largest absolute Gasteiger partial charge is 0.482 e. The SMILES string of the molecule is CCCCC(=O)NCCc1ccc(OCC(=O)O)cc1. The van der Waals surface area contributed by atoms with E-state index in [4.69, 9.17) is 9.84 Å². The van der Waals surface area contributed by atoms with Crippen LogP contribution in [0.1, 0.15) is 31.7 Å². The van der Waals surface area contributed by atoms with Gasteiger partial charge in [0.2, 0.25) is 5.91 Å². The second kappa shape index (κ2) is 8.96. The molecular weight excluding hydrogens is 258 g/mol. The van der Waals surface area contributed by atoms with Gasteiger partial charge in [0.05, 0.1) is 0 Å². The predicted molar refractivity (Wildman–Crippen MR) is 75.8 cm³/mol. The van der Waals surface area contributed by atoms with Gasteiger partial charge >= 0.3 is 5.97 Å². The molecule has 0 bridgehead atoms. The Labute approximate surface area is 118 Å². The zero-order chi connectivity index (χ0) is 14.8. The zero-order valence-corrected chi connectivity index (χ0v) is 11.7. The van der Waals surface area contributed by atoms with Gasteiger partial charge in [-0.25, -0.2) is 4.79 Å². The van der Waals surface area contributed by atoms with E-state index in [0.29, 0.717) is 18.7 Å². The van der Waals surface area contributed by atoms with Crippen LogP contribution in [0, 0.1) is 0 Å². The molecule has 0 saturated carbocycles. The van der Waals surface area contributed by atoms with E-state index < -0.39 is 5.97 Å². The van der Waals surface area contributed by atoms with E-state index in [1.807, 2.05) is 12.1 Å². The van der Waals surface area contributed by atoms with Crippen molar-refractivity contribution >= 4 is 11.9 Å². The Hall–Kier alpha value is -2.04. The van der Waals surface area contributed by atoms with E-state index in [-0.39, 0.29) is 12.5 Å². The number of carbonyl (C=O) groups is 2. The van der Waals surface area contributed by atoms with E-state index in [1.165, 1.54) is 0 Å². The van der Waals surface area contributed by atoms with Crippen LogP contribution in [0.5, 0.6) is 5.75 Å². The second-order valence-electron chi connectivity index (χ2n) is 4.53. The zero-order valence-electron chi connectivity index (χ0n) is 11.7. The van der Waals surface area contributed by atoms with Gasteiger partial charge in [-0.2, -0.15) is 0 Å². The highest BCUT2D eigenvalue weighted by molar-refractivity contribution is 5.75. The first-order valence-corrected chi connectivity index (χ1v) is 6.82. The summed E-state index contributed by atoms with van der Waals surface area (Å²) in [6.45, 7) is 2.33. The molecule has 0 radical (unpaired) electrons. The van der Waals surface area contributed by atoms with Crippen molar-refractivity contribution in [1.82, 2.24) is 5.32 Å². The smallest absolute Gasteiger partial charge is 0.341 e. The van der Waals surface area contributed by atoms with E-state index in [9.17, 15) is 9.59 Å². The molecule has 2 N–H and O–H groups in total. The molecule has 0 aliphatic heterocycles. The first-order valence-electron chi connectivity index (χ1n) is 6.82. The summed E-state index contributed by atoms with van der Waals surface area (Å²) in [4.78, 5) is 21.8. The van der Waals surface area contributed by atoms with Crippen molar-refractivity contribution in [2.24, 2.45) is 0 Å². The van der Waals surface area contributed by atoms with E-state index >= 15 is 0 Å². The van der Waals surface area contributed by atoms with Gasteiger partial charge in [-0.1, -0.05) is 25.5 Å². The average Bonchev–Trinajstić information content (AvgIpc) is 2.44. The summed E-state index contributed by atoms with van der Waals surface area (Å²) in [5.41, 5.74) is 1.07. The maximum atomic E-state index is 11.4. The molecule has 5 nitrogen and oxygen atoms in total. The van der Waals surface area contributed by atoms with Gasteiger partial charge in [0, 0.05) is 13.0 Å². The fourth-order valence-electron chi connectivity index (χ4n) is 1.67. The number of benzene rings is 1. The van der Waals surface area contributed by atoms with Crippen molar-refractivity contribution in [3.05, 3.63) is 29.8 Å². The van der Waals surface area contributed by atoms with Gasteiger partial charge in [0.15, 0.2) is 6.61 Å². The lowest BCUT2D eigenvalue weighted by molar-refractivity contribution is -0.139. The normalized spacial score (nSPS) is 10.1. The van der Waals surface area contributed by atoms with Crippen molar-refractivity contribution in [3.8, 4) is 5.75 Å². The number of ether oxygens (including phenoxy) is 1. The number of carboxylic acid groups (broad SMARTS) is 1. The Morgan fingerprint density at radius 3 is 2.55 bits per heavy atom. The number of hydrogen-bond acceptors (Lipinski definition) is 3. The quantitative estimate of drug-likeness (QED) is 0.725. The minimum atomic E-state index is -0.996. The monoisotopic (exact) mass is 279 g/mol. The van der Waals surface area contributed by atoms with E-state index in [1.54, 1.807) is 12.1 Å². The molecular formula is C15H21NO4. The molecule has 0 atom stereocenters. The summed E-state index contributed by atoms with van der Waals surface area (Å²) in [5, 5.41) is 11.4. The third-order valence-electron chi connectivity index (χ3n) is 2.78. The Bertz CT molecular complexity index is 428.